The van der Waals surface area contributed by atoms with Gasteiger partial charge in [-0.05, 0) is 42.8 Å². The van der Waals surface area contributed by atoms with Crippen LogP contribution in [0, 0.1) is 23.0 Å². The van der Waals surface area contributed by atoms with Gasteiger partial charge in [0.05, 0.1) is 17.3 Å². The number of nitrogens with zero attached hydrogens (tertiary/aromatic N) is 1. The van der Waals surface area contributed by atoms with Gasteiger partial charge in [0, 0.05) is 10.5 Å². The molecule has 0 fully saturated rings. The molecule has 0 heterocycles. The number of anilines is 1. The highest BCUT2D eigenvalue weighted by Gasteiger charge is 2.12. The van der Waals surface area contributed by atoms with Gasteiger partial charge in [0.2, 0.25) is 0 Å². The molecule has 0 bridgehead atoms. The van der Waals surface area contributed by atoms with E-state index in [0.717, 1.165) is 5.56 Å². The number of nitrogens with one attached hydrogen (secondary N) is 1. The molecule has 2 nitrogen and oxygen atoms in total. The summed E-state index contributed by atoms with van der Waals surface area (Å²) in [6, 6.07) is 10.2. The molecule has 0 aliphatic heterocycles. The number of hydrogen-bond donors (Lipinski definition) is 1. The molecule has 1 N–H and O–H groups in total. The van der Waals surface area contributed by atoms with E-state index in [1.807, 2.05) is 13.0 Å². The molecule has 0 spiro atoms. The van der Waals surface area contributed by atoms with Crippen LogP contribution in [0.1, 0.15) is 24.1 Å². The number of rotatable bonds is 3. The van der Waals surface area contributed by atoms with Crippen molar-refractivity contribution in [1.82, 2.24) is 0 Å². The van der Waals surface area contributed by atoms with Gasteiger partial charge in [0.25, 0.3) is 0 Å². The van der Waals surface area contributed by atoms with Crippen molar-refractivity contribution in [3.05, 3.63) is 63.6 Å². The molecule has 0 radical (unpaired) electrons. The minimum absolute atomic E-state index is 0.215. The highest BCUT2D eigenvalue weighted by atomic mass is 79.9. The molecule has 1 unspecified atom stereocenters. The van der Waals surface area contributed by atoms with E-state index in [0.29, 0.717) is 10.2 Å². The molecule has 2 aromatic carbocycles. The predicted molar refractivity (Wildman–Crippen MR) is 77.3 cm³/mol. The first kappa shape index (κ1) is 14.5. The van der Waals surface area contributed by atoms with Crippen molar-refractivity contribution >= 4 is 21.6 Å². The van der Waals surface area contributed by atoms with E-state index in [-0.39, 0.29) is 17.4 Å². The molecule has 0 saturated carbocycles. The van der Waals surface area contributed by atoms with Crippen LogP contribution in [0.2, 0.25) is 0 Å². The largest absolute Gasteiger partial charge is 0.376 e. The minimum Gasteiger partial charge on any atom is -0.376 e. The third-order valence-corrected chi connectivity index (χ3v) is 3.59. The predicted octanol–water partition coefficient (Wildman–Crippen LogP) is 4.77. The fourth-order valence-corrected chi connectivity index (χ4v) is 2.56. The van der Waals surface area contributed by atoms with Gasteiger partial charge in [-0.2, -0.15) is 5.26 Å². The van der Waals surface area contributed by atoms with Gasteiger partial charge in [-0.25, -0.2) is 8.78 Å². The van der Waals surface area contributed by atoms with Crippen molar-refractivity contribution in [3.63, 3.8) is 0 Å². The number of nitriles is 1. The van der Waals surface area contributed by atoms with Crippen molar-refractivity contribution in [2.24, 2.45) is 0 Å². The van der Waals surface area contributed by atoms with Gasteiger partial charge in [0.1, 0.15) is 11.6 Å². The van der Waals surface area contributed by atoms with Crippen LogP contribution >= 0.6 is 15.9 Å². The Hall–Kier alpha value is -1.93. The second-order valence-electron chi connectivity index (χ2n) is 4.34. The summed E-state index contributed by atoms with van der Waals surface area (Å²) >= 11 is 3.29. The maximum absolute atomic E-state index is 13.8. The van der Waals surface area contributed by atoms with E-state index < -0.39 is 5.82 Å². The summed E-state index contributed by atoms with van der Waals surface area (Å²) in [5.74, 6) is -0.827. The lowest BCUT2D eigenvalue weighted by Crippen LogP contribution is -2.09. The summed E-state index contributed by atoms with van der Waals surface area (Å²) < 4.78 is 27.5. The second-order valence-corrected chi connectivity index (χ2v) is 5.19. The normalized spacial score (nSPS) is 11.8. The first-order chi connectivity index (χ1) is 9.51. The molecule has 20 heavy (non-hydrogen) atoms. The van der Waals surface area contributed by atoms with Gasteiger partial charge in [-0.3, -0.25) is 0 Å². The van der Waals surface area contributed by atoms with Crippen LogP contribution in [0.4, 0.5) is 14.5 Å². The second kappa shape index (κ2) is 6.02. The summed E-state index contributed by atoms with van der Waals surface area (Å²) in [7, 11) is 0. The van der Waals surface area contributed by atoms with E-state index in [1.165, 1.54) is 30.3 Å². The molecule has 5 heteroatoms. The van der Waals surface area contributed by atoms with Crippen LogP contribution in [0.5, 0.6) is 0 Å². The van der Waals surface area contributed by atoms with E-state index in [1.54, 1.807) is 6.07 Å². The Labute approximate surface area is 124 Å². The fourth-order valence-electron chi connectivity index (χ4n) is 1.87. The average molecular weight is 337 g/mol. The topological polar surface area (TPSA) is 35.8 Å². The van der Waals surface area contributed by atoms with Crippen molar-refractivity contribution in [2.45, 2.75) is 13.0 Å². The highest BCUT2D eigenvalue weighted by molar-refractivity contribution is 9.10. The number of halogens is 3. The quantitative estimate of drug-likeness (QED) is 0.876. The summed E-state index contributed by atoms with van der Waals surface area (Å²) in [4.78, 5) is 0. The van der Waals surface area contributed by atoms with E-state index in [9.17, 15) is 8.78 Å². The van der Waals surface area contributed by atoms with Crippen molar-refractivity contribution in [2.75, 3.05) is 5.32 Å². The van der Waals surface area contributed by atoms with Gasteiger partial charge in [-0.15, -0.1) is 0 Å². The molecule has 0 aliphatic carbocycles. The molecule has 0 saturated heterocycles. The van der Waals surface area contributed by atoms with E-state index in [4.69, 9.17) is 5.26 Å². The molecule has 2 aromatic rings. The molecule has 0 aliphatic rings. The van der Waals surface area contributed by atoms with Crippen LogP contribution in [0.25, 0.3) is 0 Å². The summed E-state index contributed by atoms with van der Waals surface area (Å²) in [6.45, 7) is 1.84. The Morgan fingerprint density at radius 2 is 1.95 bits per heavy atom. The summed E-state index contributed by atoms with van der Waals surface area (Å²) in [6.07, 6.45) is 0. The monoisotopic (exact) mass is 336 g/mol. The maximum Gasteiger partial charge on any atom is 0.147 e. The Morgan fingerprint density at radius 3 is 2.55 bits per heavy atom. The highest BCUT2D eigenvalue weighted by Crippen LogP contribution is 2.28. The Morgan fingerprint density at radius 1 is 1.20 bits per heavy atom. The molecule has 102 valence electrons. The smallest absolute Gasteiger partial charge is 0.147 e. The molecule has 0 amide bonds. The van der Waals surface area contributed by atoms with E-state index >= 15 is 0 Å². The van der Waals surface area contributed by atoms with Crippen LogP contribution in [0.3, 0.4) is 0 Å². The molecule has 1 atom stereocenters. The van der Waals surface area contributed by atoms with Gasteiger partial charge >= 0.3 is 0 Å². The Kier molecular flexibility index (Phi) is 4.35. The maximum atomic E-state index is 13.8. The minimum atomic E-state index is -0.492. The first-order valence-electron chi connectivity index (χ1n) is 5.92. The third kappa shape index (κ3) is 3.14. The summed E-state index contributed by atoms with van der Waals surface area (Å²) in [5.41, 5.74) is 1.38. The SMILES string of the molecule is CC(Nc1ccc(C#N)cc1F)c1ccc(F)cc1Br. The lowest BCUT2D eigenvalue weighted by molar-refractivity contribution is 0.622. The molecular weight excluding hydrogens is 326 g/mol. The van der Waals surface area contributed by atoms with Gasteiger partial charge in [-0.1, -0.05) is 22.0 Å². The zero-order chi connectivity index (χ0) is 14.7. The number of hydrogen-bond acceptors (Lipinski definition) is 2. The summed E-state index contributed by atoms with van der Waals surface area (Å²) in [5, 5.41) is 11.7. The van der Waals surface area contributed by atoms with Crippen LogP contribution < -0.4 is 5.32 Å². The third-order valence-electron chi connectivity index (χ3n) is 2.90. The van der Waals surface area contributed by atoms with Crippen LogP contribution in [0.15, 0.2) is 40.9 Å². The lowest BCUT2D eigenvalue weighted by atomic mass is 10.1. The fraction of sp³-hybridized carbons (Fsp3) is 0.133. The zero-order valence-electron chi connectivity index (χ0n) is 10.6. The van der Waals surface area contributed by atoms with Crippen LogP contribution in [-0.4, -0.2) is 0 Å². The van der Waals surface area contributed by atoms with Gasteiger partial charge in [0.15, 0.2) is 0 Å². The molecule has 2 rings (SSSR count). The standard InChI is InChI=1S/C15H11BrF2N2/c1-9(12-4-3-11(17)7-13(12)16)20-15-5-2-10(8-19)6-14(15)18/h2-7,9,20H,1H3. The van der Waals surface area contributed by atoms with Crippen molar-refractivity contribution in [1.29, 1.82) is 5.26 Å². The lowest BCUT2D eigenvalue weighted by Gasteiger charge is -2.17. The van der Waals surface area contributed by atoms with Crippen LogP contribution in [-0.2, 0) is 0 Å². The molecule has 0 aromatic heterocycles. The van der Waals surface area contributed by atoms with E-state index in [2.05, 4.69) is 21.2 Å². The first-order valence-corrected chi connectivity index (χ1v) is 6.71. The van der Waals surface area contributed by atoms with Crippen molar-refractivity contribution in [3.8, 4) is 6.07 Å². The zero-order valence-corrected chi connectivity index (χ0v) is 12.2. The van der Waals surface area contributed by atoms with Gasteiger partial charge < -0.3 is 5.32 Å². The molecular formula is C15H11BrF2N2. The Balaban J connectivity index is 2.23. The Bertz CT molecular complexity index is 680. The van der Waals surface area contributed by atoms with Crippen molar-refractivity contribution < 1.29 is 8.78 Å². The average Bonchev–Trinajstić information content (AvgIpc) is 2.40. The number of benzene rings is 2.